The van der Waals surface area contributed by atoms with Crippen LogP contribution in [0.2, 0.25) is 0 Å². The van der Waals surface area contributed by atoms with Crippen LogP contribution in [0, 0.1) is 0 Å². The van der Waals surface area contributed by atoms with Crippen LogP contribution in [0.4, 0.5) is 9.59 Å². The molecular weight excluding hydrogens is 438 g/mol. The maximum Gasteiger partial charge on any atom is 0.406 e. The van der Waals surface area contributed by atoms with Crippen molar-refractivity contribution in [2.75, 3.05) is 32.5 Å². The highest BCUT2D eigenvalue weighted by Crippen LogP contribution is 2.33. The highest BCUT2D eigenvalue weighted by molar-refractivity contribution is 8.00. The number of ether oxygens (including phenoxy) is 1. The number of thioether (sulfide) groups is 1. The summed E-state index contributed by atoms with van der Waals surface area (Å²) in [6, 6.07) is 0.556. The Morgan fingerprint density at radius 2 is 1.88 bits per heavy atom. The normalized spacial score (nSPS) is 23.1. The summed E-state index contributed by atoms with van der Waals surface area (Å²) in [4.78, 5) is 56.1. The van der Waals surface area contributed by atoms with Gasteiger partial charge >= 0.3 is 12.1 Å². The van der Waals surface area contributed by atoms with E-state index in [1.807, 2.05) is 18.7 Å². The summed E-state index contributed by atoms with van der Waals surface area (Å²) >= 11 is 1.93. The molecule has 2 saturated heterocycles. The molecule has 0 spiro atoms. The van der Waals surface area contributed by atoms with E-state index in [9.17, 15) is 24.0 Å². The van der Waals surface area contributed by atoms with Gasteiger partial charge in [-0.1, -0.05) is 6.42 Å². The van der Waals surface area contributed by atoms with Gasteiger partial charge in [0.15, 0.2) is 0 Å². The minimum atomic E-state index is -0.586. The van der Waals surface area contributed by atoms with E-state index < -0.39 is 6.09 Å². The van der Waals surface area contributed by atoms with Crippen molar-refractivity contribution in [3.05, 3.63) is 12.2 Å². The number of amides is 6. The van der Waals surface area contributed by atoms with Gasteiger partial charge in [0, 0.05) is 49.2 Å². The molecule has 3 heterocycles. The first-order valence-electron chi connectivity index (χ1n) is 10.7. The van der Waals surface area contributed by atoms with Gasteiger partial charge in [0.1, 0.15) is 0 Å². The Hall–Kier alpha value is -2.76. The average Bonchev–Trinajstić information content (AvgIpc) is 3.41. The van der Waals surface area contributed by atoms with E-state index >= 15 is 0 Å². The number of nitrogens with one attached hydrogen (secondary N) is 4. The molecule has 11 nitrogen and oxygen atoms in total. The summed E-state index contributed by atoms with van der Waals surface area (Å²) in [5.74, 6) is 0.429. The van der Waals surface area contributed by atoms with Gasteiger partial charge in [-0.3, -0.25) is 19.3 Å². The van der Waals surface area contributed by atoms with Crippen LogP contribution in [0.3, 0.4) is 0 Å². The summed E-state index contributed by atoms with van der Waals surface area (Å²) in [5, 5.41) is 11.6. The summed E-state index contributed by atoms with van der Waals surface area (Å²) < 4.78 is 4.31. The number of methoxy groups -OCH3 is 1. The van der Waals surface area contributed by atoms with Crippen molar-refractivity contribution < 1.29 is 28.7 Å². The molecule has 0 bridgehead atoms. The number of rotatable bonds is 9. The first kappa shape index (κ1) is 25.5. The van der Waals surface area contributed by atoms with Gasteiger partial charge < -0.3 is 26.0 Å². The van der Waals surface area contributed by atoms with E-state index in [0.717, 1.165) is 29.9 Å². The Labute approximate surface area is 191 Å². The SMILES string of the molecule is CCNC(=O)CCCC[C@@H]1SC[C@@H]2NC(=O)N[C@@H]21.COC(=O)NCCN1C(=O)C=CC1=O. The first-order chi connectivity index (χ1) is 15.3. The van der Waals surface area contributed by atoms with Crippen molar-refractivity contribution in [1.29, 1.82) is 0 Å². The van der Waals surface area contributed by atoms with Crippen molar-refractivity contribution in [3.8, 4) is 0 Å². The van der Waals surface area contributed by atoms with Crippen molar-refractivity contribution in [2.45, 2.75) is 49.9 Å². The highest BCUT2D eigenvalue weighted by atomic mass is 32.2. The smallest absolute Gasteiger partial charge is 0.406 e. The van der Waals surface area contributed by atoms with Gasteiger partial charge in [0.05, 0.1) is 19.2 Å². The zero-order chi connectivity index (χ0) is 23.5. The number of carbonyl (C=O) groups excluding carboxylic acids is 5. The summed E-state index contributed by atoms with van der Waals surface area (Å²) in [5.41, 5.74) is 0. The molecule has 2 fully saturated rings. The number of fused-ring (bicyclic) bond motifs is 1. The lowest BCUT2D eigenvalue weighted by Gasteiger charge is -2.16. The van der Waals surface area contributed by atoms with Crippen LogP contribution < -0.4 is 21.3 Å². The summed E-state index contributed by atoms with van der Waals surface area (Å²) in [7, 11) is 1.24. The predicted molar refractivity (Wildman–Crippen MR) is 119 cm³/mol. The molecule has 3 atom stereocenters. The Morgan fingerprint density at radius 3 is 2.53 bits per heavy atom. The van der Waals surface area contributed by atoms with E-state index in [1.165, 1.54) is 19.3 Å². The topological polar surface area (TPSA) is 146 Å². The molecule has 0 radical (unpaired) electrons. The summed E-state index contributed by atoms with van der Waals surface area (Å²) in [6.45, 7) is 2.98. The second-order valence-corrected chi connectivity index (χ2v) is 8.67. The molecule has 32 heavy (non-hydrogen) atoms. The Bertz CT molecular complexity index is 728. The number of urea groups is 1. The van der Waals surface area contributed by atoms with Crippen LogP contribution in [0.25, 0.3) is 0 Å². The molecule has 12 heteroatoms. The van der Waals surface area contributed by atoms with E-state index in [2.05, 4.69) is 26.0 Å². The standard InChI is InChI=1S/C12H21N3O2S.C8H10N2O4/c1-2-13-10(16)6-4-3-5-9-11-8(7-18-9)14-12(17)15-11;1-14-8(13)9-4-5-10-6(11)2-3-7(10)12/h8-9,11H,2-7H2,1H3,(H,13,16)(H2,14,15,17);2-3H,4-5H2,1H3,(H,9,13)/t8-,9-,11-;/m0./s1. The predicted octanol–water partition coefficient (Wildman–Crippen LogP) is 0.116. The molecular formula is C20H31N5O6S. The third-order valence-electron chi connectivity index (χ3n) is 5.15. The lowest BCUT2D eigenvalue weighted by molar-refractivity contribution is -0.136. The first-order valence-corrected chi connectivity index (χ1v) is 11.7. The second-order valence-electron chi connectivity index (χ2n) is 7.40. The van der Waals surface area contributed by atoms with Crippen molar-refractivity contribution in [1.82, 2.24) is 26.2 Å². The number of hydrogen-bond donors (Lipinski definition) is 4. The van der Waals surface area contributed by atoms with Gasteiger partial charge in [-0.15, -0.1) is 0 Å². The van der Waals surface area contributed by atoms with Crippen LogP contribution in [-0.2, 0) is 19.1 Å². The van der Waals surface area contributed by atoms with Gasteiger partial charge in [0.25, 0.3) is 11.8 Å². The number of alkyl carbamates (subject to hydrolysis) is 1. The third-order valence-corrected chi connectivity index (χ3v) is 6.65. The molecule has 0 aromatic rings. The Morgan fingerprint density at radius 1 is 1.16 bits per heavy atom. The fraction of sp³-hybridized carbons (Fsp3) is 0.650. The molecule has 0 unspecified atom stereocenters. The molecule has 0 aromatic heterocycles. The van der Waals surface area contributed by atoms with Crippen LogP contribution in [0.5, 0.6) is 0 Å². The molecule has 178 valence electrons. The van der Waals surface area contributed by atoms with Crippen LogP contribution >= 0.6 is 11.8 Å². The fourth-order valence-electron chi connectivity index (χ4n) is 3.55. The number of imide groups is 1. The number of carbonyl (C=O) groups is 5. The maximum absolute atomic E-state index is 11.3. The Kier molecular flexibility index (Phi) is 10.3. The largest absolute Gasteiger partial charge is 0.453 e. The molecule has 0 saturated carbocycles. The van der Waals surface area contributed by atoms with Crippen LogP contribution in [0.15, 0.2) is 12.2 Å². The number of nitrogens with zero attached hydrogens (tertiary/aromatic N) is 1. The van der Waals surface area contributed by atoms with Gasteiger partial charge in [-0.25, -0.2) is 9.59 Å². The molecule has 0 aliphatic carbocycles. The van der Waals surface area contributed by atoms with Crippen molar-refractivity contribution in [3.63, 3.8) is 0 Å². The van der Waals surface area contributed by atoms with Gasteiger partial charge in [-0.05, 0) is 19.8 Å². The average molecular weight is 470 g/mol. The number of hydrogen-bond acceptors (Lipinski definition) is 7. The molecule has 3 aliphatic heterocycles. The second kappa shape index (κ2) is 12.9. The van der Waals surface area contributed by atoms with Crippen LogP contribution in [-0.4, -0.2) is 84.6 Å². The van der Waals surface area contributed by atoms with Crippen LogP contribution in [0.1, 0.15) is 32.6 Å². The molecule has 4 N–H and O–H groups in total. The highest BCUT2D eigenvalue weighted by Gasteiger charge is 2.42. The van der Waals surface area contributed by atoms with Gasteiger partial charge in [-0.2, -0.15) is 11.8 Å². The molecule has 3 aliphatic rings. The molecule has 6 amide bonds. The van der Waals surface area contributed by atoms with E-state index in [4.69, 9.17) is 0 Å². The van der Waals surface area contributed by atoms with E-state index in [1.54, 1.807) is 0 Å². The van der Waals surface area contributed by atoms with Gasteiger partial charge in [0.2, 0.25) is 5.91 Å². The van der Waals surface area contributed by atoms with Crippen molar-refractivity contribution >= 4 is 41.6 Å². The minimum absolute atomic E-state index is 0.0300. The minimum Gasteiger partial charge on any atom is -0.453 e. The summed E-state index contributed by atoms with van der Waals surface area (Å²) in [6.07, 6.45) is 5.48. The zero-order valence-electron chi connectivity index (χ0n) is 18.3. The fourth-order valence-corrected chi connectivity index (χ4v) is 5.10. The molecule has 3 rings (SSSR count). The number of unbranched alkanes of at least 4 members (excludes halogenated alkanes) is 1. The lowest BCUT2D eigenvalue weighted by atomic mass is 10.0. The lowest BCUT2D eigenvalue weighted by Crippen LogP contribution is -2.38. The molecule has 0 aromatic carbocycles. The zero-order valence-corrected chi connectivity index (χ0v) is 19.2. The third kappa shape index (κ3) is 7.74. The quantitative estimate of drug-likeness (QED) is 0.213. The Balaban J connectivity index is 0.000000235. The maximum atomic E-state index is 11.3. The van der Waals surface area contributed by atoms with Crippen molar-refractivity contribution in [2.24, 2.45) is 0 Å². The van der Waals surface area contributed by atoms with E-state index in [-0.39, 0.29) is 42.9 Å². The van der Waals surface area contributed by atoms with E-state index in [0.29, 0.717) is 24.3 Å². The monoisotopic (exact) mass is 469 g/mol.